The fraction of sp³-hybridized carbons (Fsp3) is 0.0556. The van der Waals surface area contributed by atoms with E-state index in [9.17, 15) is 4.79 Å². The third kappa shape index (κ3) is 2.50. The summed E-state index contributed by atoms with van der Waals surface area (Å²) in [5.41, 5.74) is 2.16. The zero-order chi connectivity index (χ0) is 15.0. The van der Waals surface area contributed by atoms with Crippen LogP contribution in [0.2, 0.25) is 5.02 Å². The molecule has 0 amide bonds. The molecule has 0 aliphatic rings. The lowest BCUT2D eigenvalue weighted by Gasteiger charge is -2.10. The van der Waals surface area contributed by atoms with Crippen LogP contribution in [-0.4, -0.2) is 5.78 Å². The molecule has 3 aromatic rings. The zero-order valence-electron chi connectivity index (χ0n) is 11.4. The molecular weight excluding hydrogens is 348 g/mol. The quantitative estimate of drug-likeness (QED) is 0.529. The molecule has 0 spiro atoms. The molecule has 0 saturated carbocycles. The summed E-state index contributed by atoms with van der Waals surface area (Å²) in [6.07, 6.45) is 0. The molecule has 0 heterocycles. The van der Waals surface area contributed by atoms with Crippen molar-refractivity contribution in [3.05, 3.63) is 80.8 Å². The first-order valence-electron chi connectivity index (χ1n) is 6.56. The number of halogens is 2. The lowest BCUT2D eigenvalue weighted by atomic mass is 9.95. The standard InChI is InChI=1S/C18H12BrClO/c1-11-12(7-4-8-17(11)20)18(21)15-9-10-16(19)14-6-3-2-5-13(14)15/h2-10H,1H3. The topological polar surface area (TPSA) is 17.1 Å². The Balaban J connectivity index is 2.23. The van der Waals surface area contributed by atoms with Crippen LogP contribution in [0.25, 0.3) is 10.8 Å². The lowest BCUT2D eigenvalue weighted by molar-refractivity contribution is 0.103. The van der Waals surface area contributed by atoms with Crippen molar-refractivity contribution in [1.82, 2.24) is 0 Å². The Morgan fingerprint density at radius 2 is 1.62 bits per heavy atom. The van der Waals surface area contributed by atoms with Crippen molar-refractivity contribution in [2.45, 2.75) is 6.92 Å². The number of fused-ring (bicyclic) bond motifs is 1. The van der Waals surface area contributed by atoms with E-state index in [1.807, 2.05) is 55.5 Å². The highest BCUT2D eigenvalue weighted by atomic mass is 79.9. The number of benzene rings is 3. The van der Waals surface area contributed by atoms with Crippen LogP contribution in [0, 0.1) is 6.92 Å². The highest BCUT2D eigenvalue weighted by molar-refractivity contribution is 9.10. The summed E-state index contributed by atoms with van der Waals surface area (Å²) < 4.78 is 0.984. The van der Waals surface area contributed by atoms with E-state index in [0.29, 0.717) is 16.1 Å². The first-order chi connectivity index (χ1) is 10.1. The molecule has 3 heteroatoms. The molecule has 0 N–H and O–H groups in total. The molecule has 0 aliphatic heterocycles. The predicted octanol–water partition coefficient (Wildman–Crippen LogP) is 5.80. The average Bonchev–Trinajstić information content (AvgIpc) is 2.50. The highest BCUT2D eigenvalue weighted by Gasteiger charge is 2.16. The van der Waals surface area contributed by atoms with Gasteiger partial charge in [0.2, 0.25) is 0 Å². The Labute approximate surface area is 136 Å². The van der Waals surface area contributed by atoms with E-state index < -0.39 is 0 Å². The van der Waals surface area contributed by atoms with E-state index in [1.165, 1.54) is 0 Å². The van der Waals surface area contributed by atoms with E-state index >= 15 is 0 Å². The number of carbonyl (C=O) groups is 1. The molecule has 3 aromatic carbocycles. The van der Waals surface area contributed by atoms with E-state index in [-0.39, 0.29) is 5.78 Å². The van der Waals surface area contributed by atoms with Crippen LogP contribution in [0.15, 0.2) is 59.1 Å². The summed E-state index contributed by atoms with van der Waals surface area (Å²) in [6.45, 7) is 1.87. The van der Waals surface area contributed by atoms with Gasteiger partial charge in [0.05, 0.1) is 0 Å². The summed E-state index contributed by atoms with van der Waals surface area (Å²) >= 11 is 9.66. The number of ketones is 1. The highest BCUT2D eigenvalue weighted by Crippen LogP contribution is 2.29. The molecule has 3 rings (SSSR count). The van der Waals surface area contributed by atoms with Crippen molar-refractivity contribution in [1.29, 1.82) is 0 Å². The second-order valence-electron chi connectivity index (χ2n) is 4.88. The Morgan fingerprint density at radius 1 is 0.905 bits per heavy atom. The smallest absolute Gasteiger partial charge is 0.193 e. The van der Waals surface area contributed by atoms with Gasteiger partial charge in [-0.1, -0.05) is 63.9 Å². The van der Waals surface area contributed by atoms with Crippen LogP contribution in [0.4, 0.5) is 0 Å². The summed E-state index contributed by atoms with van der Waals surface area (Å²) in [6, 6.07) is 17.1. The number of hydrogen-bond donors (Lipinski definition) is 0. The predicted molar refractivity (Wildman–Crippen MR) is 91.3 cm³/mol. The number of hydrogen-bond acceptors (Lipinski definition) is 1. The Kier molecular flexibility index (Phi) is 3.83. The van der Waals surface area contributed by atoms with E-state index in [1.54, 1.807) is 6.07 Å². The Hall–Kier alpha value is -1.64. The zero-order valence-corrected chi connectivity index (χ0v) is 13.7. The molecule has 1 nitrogen and oxygen atoms in total. The summed E-state index contributed by atoms with van der Waals surface area (Å²) in [4.78, 5) is 12.9. The molecule has 21 heavy (non-hydrogen) atoms. The van der Waals surface area contributed by atoms with Crippen molar-refractivity contribution < 1.29 is 4.79 Å². The number of carbonyl (C=O) groups excluding carboxylic acids is 1. The van der Waals surface area contributed by atoms with E-state index in [0.717, 1.165) is 20.8 Å². The summed E-state index contributed by atoms with van der Waals surface area (Å²) in [5, 5.41) is 2.58. The molecule has 0 aliphatic carbocycles. The van der Waals surface area contributed by atoms with Gasteiger partial charge in [-0.2, -0.15) is 0 Å². The average molecular weight is 360 g/mol. The first kappa shape index (κ1) is 14.3. The number of rotatable bonds is 2. The lowest BCUT2D eigenvalue weighted by Crippen LogP contribution is -2.05. The van der Waals surface area contributed by atoms with Gasteiger partial charge in [0.25, 0.3) is 0 Å². The van der Waals surface area contributed by atoms with Crippen LogP contribution < -0.4 is 0 Å². The van der Waals surface area contributed by atoms with Gasteiger partial charge in [-0.05, 0) is 41.5 Å². The van der Waals surface area contributed by atoms with Gasteiger partial charge < -0.3 is 0 Å². The molecule has 104 valence electrons. The Bertz CT molecular complexity index is 855. The van der Waals surface area contributed by atoms with Crippen LogP contribution in [0.1, 0.15) is 21.5 Å². The van der Waals surface area contributed by atoms with Crippen LogP contribution in [-0.2, 0) is 0 Å². The van der Waals surface area contributed by atoms with Crippen molar-refractivity contribution in [3.63, 3.8) is 0 Å². The molecule has 0 radical (unpaired) electrons. The summed E-state index contributed by atoms with van der Waals surface area (Å²) in [7, 11) is 0. The van der Waals surface area contributed by atoms with Crippen LogP contribution in [0.3, 0.4) is 0 Å². The SMILES string of the molecule is Cc1c(Cl)cccc1C(=O)c1ccc(Br)c2ccccc12. The molecule has 0 unspecified atom stereocenters. The molecule has 0 fully saturated rings. The maximum Gasteiger partial charge on any atom is 0.193 e. The minimum absolute atomic E-state index is 0.00120. The van der Waals surface area contributed by atoms with Gasteiger partial charge in [0.15, 0.2) is 5.78 Å². The van der Waals surface area contributed by atoms with Gasteiger partial charge >= 0.3 is 0 Å². The molecule has 0 bridgehead atoms. The Morgan fingerprint density at radius 3 is 2.38 bits per heavy atom. The third-order valence-electron chi connectivity index (χ3n) is 3.63. The van der Waals surface area contributed by atoms with Gasteiger partial charge in [-0.25, -0.2) is 0 Å². The fourth-order valence-corrected chi connectivity index (χ4v) is 3.11. The van der Waals surface area contributed by atoms with Crippen molar-refractivity contribution in [2.24, 2.45) is 0 Å². The largest absolute Gasteiger partial charge is 0.289 e. The van der Waals surface area contributed by atoms with Gasteiger partial charge in [0.1, 0.15) is 0 Å². The third-order valence-corrected chi connectivity index (χ3v) is 4.73. The second kappa shape index (κ2) is 5.63. The van der Waals surface area contributed by atoms with Crippen molar-refractivity contribution in [2.75, 3.05) is 0 Å². The van der Waals surface area contributed by atoms with Gasteiger partial charge in [-0.3, -0.25) is 4.79 Å². The van der Waals surface area contributed by atoms with Crippen molar-refractivity contribution in [3.8, 4) is 0 Å². The maximum absolute atomic E-state index is 12.9. The normalized spacial score (nSPS) is 10.8. The molecular formula is C18H12BrClO. The van der Waals surface area contributed by atoms with Gasteiger partial charge in [-0.15, -0.1) is 0 Å². The molecule has 0 saturated heterocycles. The first-order valence-corrected chi connectivity index (χ1v) is 7.74. The van der Waals surface area contributed by atoms with Crippen LogP contribution >= 0.6 is 27.5 Å². The minimum Gasteiger partial charge on any atom is -0.289 e. The maximum atomic E-state index is 12.9. The van der Waals surface area contributed by atoms with E-state index in [4.69, 9.17) is 11.6 Å². The van der Waals surface area contributed by atoms with Crippen LogP contribution in [0.5, 0.6) is 0 Å². The molecule has 0 aromatic heterocycles. The monoisotopic (exact) mass is 358 g/mol. The van der Waals surface area contributed by atoms with E-state index in [2.05, 4.69) is 15.9 Å². The molecule has 0 atom stereocenters. The fourth-order valence-electron chi connectivity index (χ4n) is 2.46. The minimum atomic E-state index is -0.00120. The van der Waals surface area contributed by atoms with Gasteiger partial charge in [0, 0.05) is 20.6 Å². The van der Waals surface area contributed by atoms with Crippen molar-refractivity contribution >= 4 is 44.1 Å². The summed E-state index contributed by atoms with van der Waals surface area (Å²) in [5.74, 6) is -0.00120. The second-order valence-corrected chi connectivity index (χ2v) is 6.14.